The van der Waals surface area contributed by atoms with E-state index in [4.69, 9.17) is 9.15 Å². The van der Waals surface area contributed by atoms with Gasteiger partial charge in [0.2, 0.25) is 0 Å². The van der Waals surface area contributed by atoms with E-state index in [0.29, 0.717) is 23.7 Å². The van der Waals surface area contributed by atoms with E-state index >= 15 is 0 Å². The van der Waals surface area contributed by atoms with Crippen molar-refractivity contribution >= 4 is 28.4 Å². The van der Waals surface area contributed by atoms with Gasteiger partial charge in [-0.15, -0.1) is 0 Å². The van der Waals surface area contributed by atoms with Gasteiger partial charge in [-0.05, 0) is 55.8 Å². The number of aliphatic hydroxyl groups is 1. The highest BCUT2D eigenvalue weighted by molar-refractivity contribution is 6.46. The summed E-state index contributed by atoms with van der Waals surface area (Å²) in [7, 11) is 0. The van der Waals surface area contributed by atoms with E-state index in [0.717, 1.165) is 28.6 Å². The Hall–Kier alpha value is -4.26. The zero-order valence-electron chi connectivity index (χ0n) is 19.6. The molecule has 0 bridgehead atoms. The van der Waals surface area contributed by atoms with E-state index in [9.17, 15) is 14.7 Å². The number of aliphatic hydroxyl groups excluding tert-OH is 1. The lowest BCUT2D eigenvalue weighted by Gasteiger charge is -2.25. The van der Waals surface area contributed by atoms with Gasteiger partial charge in [0.05, 0.1) is 31.0 Å². The molecule has 1 amide bonds. The van der Waals surface area contributed by atoms with Gasteiger partial charge < -0.3 is 24.1 Å². The van der Waals surface area contributed by atoms with E-state index in [1.807, 2.05) is 38.1 Å². The van der Waals surface area contributed by atoms with Crippen LogP contribution in [0.4, 0.5) is 0 Å². The summed E-state index contributed by atoms with van der Waals surface area (Å²) < 4.78 is 11.1. The number of aromatic amines is 1. The fourth-order valence-electron chi connectivity index (χ4n) is 4.65. The van der Waals surface area contributed by atoms with Crippen molar-refractivity contribution in [3.63, 3.8) is 0 Å². The molecule has 1 unspecified atom stereocenters. The SMILES string of the molecule is CCCOc1ccc(/C(O)=C2\C(=O)C(=O)N(Cc3ccco3)C2c2c(C)[nH]c3ccccc23)cc1. The molecule has 1 aliphatic heterocycles. The molecule has 7 heteroatoms. The van der Waals surface area contributed by atoms with Crippen LogP contribution < -0.4 is 4.74 Å². The largest absolute Gasteiger partial charge is 0.507 e. The third-order valence-electron chi connectivity index (χ3n) is 6.26. The number of amides is 1. The predicted molar refractivity (Wildman–Crippen MR) is 132 cm³/mol. The van der Waals surface area contributed by atoms with Crippen LogP contribution in [0.5, 0.6) is 5.75 Å². The van der Waals surface area contributed by atoms with Crippen molar-refractivity contribution < 1.29 is 23.8 Å². The van der Waals surface area contributed by atoms with Gasteiger partial charge in [-0.2, -0.15) is 0 Å². The number of ether oxygens (including phenoxy) is 1. The van der Waals surface area contributed by atoms with Crippen molar-refractivity contribution in [1.82, 2.24) is 9.88 Å². The van der Waals surface area contributed by atoms with E-state index in [-0.39, 0.29) is 17.9 Å². The van der Waals surface area contributed by atoms with Crippen molar-refractivity contribution in [2.24, 2.45) is 0 Å². The number of furan rings is 1. The highest BCUT2D eigenvalue weighted by Gasteiger charge is 2.47. The van der Waals surface area contributed by atoms with Crippen LogP contribution >= 0.6 is 0 Å². The third-order valence-corrected chi connectivity index (χ3v) is 6.26. The molecule has 3 heterocycles. The Morgan fingerprint density at radius 2 is 1.86 bits per heavy atom. The fourth-order valence-corrected chi connectivity index (χ4v) is 4.65. The second-order valence-electron chi connectivity index (χ2n) is 8.59. The van der Waals surface area contributed by atoms with Gasteiger partial charge in [-0.3, -0.25) is 9.59 Å². The number of carbonyl (C=O) groups excluding carboxylic acids is 2. The summed E-state index contributed by atoms with van der Waals surface area (Å²) >= 11 is 0. The molecule has 178 valence electrons. The van der Waals surface area contributed by atoms with Crippen molar-refractivity contribution in [3.8, 4) is 5.75 Å². The van der Waals surface area contributed by atoms with E-state index in [2.05, 4.69) is 4.98 Å². The van der Waals surface area contributed by atoms with Gasteiger partial charge >= 0.3 is 0 Å². The van der Waals surface area contributed by atoms with Crippen LogP contribution in [-0.4, -0.2) is 33.3 Å². The van der Waals surface area contributed by atoms with Gasteiger partial charge in [0.25, 0.3) is 11.7 Å². The molecule has 2 aromatic heterocycles. The van der Waals surface area contributed by atoms with Crippen molar-refractivity contribution in [3.05, 3.63) is 95.1 Å². The number of hydrogen-bond donors (Lipinski definition) is 2. The van der Waals surface area contributed by atoms with Crippen LogP contribution in [0.2, 0.25) is 0 Å². The zero-order valence-corrected chi connectivity index (χ0v) is 19.6. The normalized spacial score (nSPS) is 17.4. The number of H-pyrrole nitrogens is 1. The molecule has 1 aliphatic rings. The molecule has 0 spiro atoms. The van der Waals surface area contributed by atoms with Gasteiger partial charge in [0, 0.05) is 27.7 Å². The molecule has 0 radical (unpaired) electrons. The van der Waals surface area contributed by atoms with E-state index in [1.54, 1.807) is 36.4 Å². The highest BCUT2D eigenvalue weighted by atomic mass is 16.5. The molecule has 7 nitrogen and oxygen atoms in total. The van der Waals surface area contributed by atoms with E-state index < -0.39 is 17.7 Å². The first kappa shape index (κ1) is 22.5. The van der Waals surface area contributed by atoms with Crippen LogP contribution in [0.3, 0.4) is 0 Å². The summed E-state index contributed by atoms with van der Waals surface area (Å²) in [6.07, 6.45) is 2.41. The number of aryl methyl sites for hydroxylation is 1. The molecule has 0 saturated carbocycles. The molecule has 0 aliphatic carbocycles. The second-order valence-corrected chi connectivity index (χ2v) is 8.59. The van der Waals surface area contributed by atoms with Crippen LogP contribution in [-0.2, 0) is 16.1 Å². The highest BCUT2D eigenvalue weighted by Crippen LogP contribution is 2.44. The number of carbonyl (C=O) groups is 2. The summed E-state index contributed by atoms with van der Waals surface area (Å²) in [6.45, 7) is 4.61. The topological polar surface area (TPSA) is 95.8 Å². The summed E-state index contributed by atoms with van der Waals surface area (Å²) in [6, 6.07) is 17.3. The van der Waals surface area contributed by atoms with Gasteiger partial charge in [0.1, 0.15) is 17.3 Å². The Morgan fingerprint density at radius 3 is 2.57 bits per heavy atom. The maximum Gasteiger partial charge on any atom is 0.296 e. The molecular weight excluding hydrogens is 444 g/mol. The Bertz CT molecular complexity index is 1410. The van der Waals surface area contributed by atoms with Crippen molar-refractivity contribution in [2.75, 3.05) is 6.61 Å². The number of fused-ring (bicyclic) bond motifs is 1. The second kappa shape index (κ2) is 9.18. The lowest BCUT2D eigenvalue weighted by Crippen LogP contribution is -2.29. The van der Waals surface area contributed by atoms with Crippen molar-refractivity contribution in [2.45, 2.75) is 32.9 Å². The van der Waals surface area contributed by atoms with Gasteiger partial charge in [-0.1, -0.05) is 25.1 Å². The molecule has 35 heavy (non-hydrogen) atoms. The van der Waals surface area contributed by atoms with Gasteiger partial charge in [0.15, 0.2) is 0 Å². The summed E-state index contributed by atoms with van der Waals surface area (Å²) in [5.74, 6) is -0.407. The number of aromatic nitrogens is 1. The van der Waals surface area contributed by atoms with Gasteiger partial charge in [-0.25, -0.2) is 0 Å². The number of ketones is 1. The Labute approximate surface area is 202 Å². The Balaban J connectivity index is 1.66. The predicted octanol–water partition coefficient (Wildman–Crippen LogP) is 5.48. The number of para-hydroxylation sites is 1. The average molecular weight is 471 g/mol. The minimum Gasteiger partial charge on any atom is -0.507 e. The Kier molecular flexibility index (Phi) is 5.91. The van der Waals surface area contributed by atoms with Crippen LogP contribution in [0.15, 0.2) is 76.9 Å². The minimum absolute atomic E-state index is 0.0524. The number of nitrogens with zero attached hydrogens (tertiary/aromatic N) is 1. The molecule has 1 fully saturated rings. The van der Waals surface area contributed by atoms with Crippen LogP contribution in [0, 0.1) is 6.92 Å². The first-order valence-electron chi connectivity index (χ1n) is 11.6. The van der Waals surface area contributed by atoms with Crippen LogP contribution in [0.1, 0.15) is 42.0 Å². The molecule has 2 N–H and O–H groups in total. The number of nitrogens with one attached hydrogen (secondary N) is 1. The first-order valence-corrected chi connectivity index (χ1v) is 11.6. The summed E-state index contributed by atoms with van der Waals surface area (Å²) in [4.78, 5) is 31.4. The Morgan fingerprint density at radius 1 is 1.09 bits per heavy atom. The standard InChI is InChI=1S/C28H26N2O5/c1-3-14-34-19-12-10-18(11-13-19)26(31)24-25(23-17(2)29-22-9-5-4-8-21(22)23)30(28(33)27(24)32)16-20-7-6-15-35-20/h4-13,15,25,29,31H,3,14,16H2,1-2H3/b26-24+. The molecule has 5 rings (SSSR count). The lowest BCUT2D eigenvalue weighted by atomic mass is 9.93. The van der Waals surface area contributed by atoms with Crippen molar-refractivity contribution in [1.29, 1.82) is 0 Å². The number of hydrogen-bond acceptors (Lipinski definition) is 5. The number of likely N-dealkylation sites (tertiary alicyclic amines) is 1. The smallest absolute Gasteiger partial charge is 0.296 e. The number of benzene rings is 2. The third kappa shape index (κ3) is 3.99. The quantitative estimate of drug-likeness (QED) is 0.212. The molecular formula is C28H26N2O5. The number of Topliss-reactive ketones (excluding diaryl/α,β-unsaturated/α-hetero) is 1. The lowest BCUT2D eigenvalue weighted by molar-refractivity contribution is -0.140. The monoisotopic (exact) mass is 470 g/mol. The average Bonchev–Trinajstić information content (AvgIpc) is 3.56. The minimum atomic E-state index is -0.785. The maximum absolute atomic E-state index is 13.3. The fraction of sp³-hybridized carbons (Fsp3) is 0.214. The van der Waals surface area contributed by atoms with Crippen LogP contribution in [0.25, 0.3) is 16.7 Å². The molecule has 2 aromatic carbocycles. The van der Waals surface area contributed by atoms with E-state index in [1.165, 1.54) is 11.2 Å². The molecule has 4 aromatic rings. The summed E-state index contributed by atoms with van der Waals surface area (Å²) in [5.41, 5.74) is 2.97. The molecule has 1 saturated heterocycles. The molecule has 1 atom stereocenters. The number of rotatable bonds is 7. The summed E-state index contributed by atoms with van der Waals surface area (Å²) in [5, 5.41) is 12.2. The zero-order chi connectivity index (χ0) is 24.5. The first-order chi connectivity index (χ1) is 17.0. The maximum atomic E-state index is 13.3.